The highest BCUT2D eigenvalue weighted by atomic mass is 16.3. The van der Waals surface area contributed by atoms with E-state index in [1.54, 1.807) is 25.5 Å². The summed E-state index contributed by atoms with van der Waals surface area (Å²) in [6.45, 7) is 1.35. The van der Waals surface area contributed by atoms with Crippen LogP contribution < -0.4 is 15.8 Å². The molecule has 1 atom stereocenters. The zero-order valence-corrected chi connectivity index (χ0v) is 12.4. The van der Waals surface area contributed by atoms with Gasteiger partial charge in [-0.25, -0.2) is 4.98 Å². The Morgan fingerprint density at radius 1 is 1.50 bits per heavy atom. The fraction of sp³-hybridized carbons (Fsp3) is 0.400. The number of aryl methyl sites for hydroxylation is 1. The fourth-order valence-corrected chi connectivity index (χ4v) is 2.65. The van der Waals surface area contributed by atoms with Crippen LogP contribution in [-0.4, -0.2) is 34.6 Å². The van der Waals surface area contributed by atoms with Gasteiger partial charge in [0.15, 0.2) is 5.82 Å². The number of hydrogen-bond donors (Lipinski definition) is 1. The van der Waals surface area contributed by atoms with Crippen molar-refractivity contribution >= 4 is 11.7 Å². The number of rotatable bonds is 3. The quantitative estimate of drug-likeness (QED) is 0.906. The van der Waals surface area contributed by atoms with E-state index in [-0.39, 0.29) is 17.5 Å². The summed E-state index contributed by atoms with van der Waals surface area (Å²) in [4.78, 5) is 30.3. The Morgan fingerprint density at radius 3 is 3.14 bits per heavy atom. The van der Waals surface area contributed by atoms with Crippen LogP contribution in [0.15, 0.2) is 40.2 Å². The first-order chi connectivity index (χ1) is 10.6. The minimum atomic E-state index is -0.158. The molecule has 0 spiro atoms. The molecule has 3 heterocycles. The Kier molecular flexibility index (Phi) is 3.95. The van der Waals surface area contributed by atoms with Crippen molar-refractivity contribution in [3.63, 3.8) is 0 Å². The van der Waals surface area contributed by atoms with Gasteiger partial charge in [0, 0.05) is 38.6 Å². The van der Waals surface area contributed by atoms with Gasteiger partial charge in [0.1, 0.15) is 6.26 Å². The van der Waals surface area contributed by atoms with E-state index in [1.807, 2.05) is 4.90 Å². The number of carbonyl (C=O) groups is 1. The molecular weight excluding hydrogens is 284 g/mol. The van der Waals surface area contributed by atoms with Crippen molar-refractivity contribution in [1.82, 2.24) is 14.9 Å². The number of carbonyl (C=O) groups excluding carboxylic acids is 1. The van der Waals surface area contributed by atoms with E-state index >= 15 is 0 Å². The van der Waals surface area contributed by atoms with Gasteiger partial charge < -0.3 is 19.2 Å². The summed E-state index contributed by atoms with van der Waals surface area (Å²) in [5.41, 5.74) is 0.384. The summed E-state index contributed by atoms with van der Waals surface area (Å²) in [6.07, 6.45) is 7.92. The molecule has 0 saturated carbocycles. The SMILES string of the molecule is Cn1ccnc(N2CCCC(NC(=O)c3ccoc3)C2)c1=O. The molecule has 1 aliphatic heterocycles. The number of aromatic nitrogens is 2. The number of piperidine rings is 1. The predicted octanol–water partition coefficient (Wildman–Crippen LogP) is 0.772. The molecule has 2 aromatic rings. The smallest absolute Gasteiger partial charge is 0.293 e. The second-order valence-electron chi connectivity index (χ2n) is 5.44. The summed E-state index contributed by atoms with van der Waals surface area (Å²) in [7, 11) is 1.70. The lowest BCUT2D eigenvalue weighted by Crippen LogP contribution is -2.49. The van der Waals surface area contributed by atoms with E-state index in [1.165, 1.54) is 17.1 Å². The molecule has 0 aliphatic carbocycles. The third kappa shape index (κ3) is 2.88. The number of nitrogens with one attached hydrogen (secondary N) is 1. The lowest BCUT2D eigenvalue weighted by Gasteiger charge is -2.33. The van der Waals surface area contributed by atoms with E-state index in [2.05, 4.69) is 10.3 Å². The van der Waals surface area contributed by atoms with Crippen LogP contribution in [0.25, 0.3) is 0 Å². The van der Waals surface area contributed by atoms with Crippen LogP contribution in [0.1, 0.15) is 23.2 Å². The number of hydrogen-bond acceptors (Lipinski definition) is 5. The normalized spacial score (nSPS) is 18.2. The fourth-order valence-electron chi connectivity index (χ4n) is 2.65. The summed E-state index contributed by atoms with van der Waals surface area (Å²) in [6, 6.07) is 1.62. The Hall–Kier alpha value is -2.57. The number of furan rings is 1. The molecule has 1 unspecified atom stereocenters. The average Bonchev–Trinajstić information content (AvgIpc) is 3.05. The van der Waals surface area contributed by atoms with Crippen molar-refractivity contribution in [2.45, 2.75) is 18.9 Å². The van der Waals surface area contributed by atoms with E-state index in [0.717, 1.165) is 19.4 Å². The molecule has 2 aromatic heterocycles. The Bertz CT molecular complexity index is 708. The highest BCUT2D eigenvalue weighted by Gasteiger charge is 2.24. The lowest BCUT2D eigenvalue weighted by molar-refractivity contribution is 0.0932. The van der Waals surface area contributed by atoms with Gasteiger partial charge in [-0.3, -0.25) is 9.59 Å². The van der Waals surface area contributed by atoms with Crippen LogP contribution in [0.2, 0.25) is 0 Å². The molecule has 1 saturated heterocycles. The monoisotopic (exact) mass is 302 g/mol. The molecule has 3 rings (SSSR count). The maximum absolute atomic E-state index is 12.1. The molecule has 0 aromatic carbocycles. The van der Waals surface area contributed by atoms with Crippen LogP contribution >= 0.6 is 0 Å². The first-order valence-corrected chi connectivity index (χ1v) is 7.25. The molecular formula is C15H18N4O3. The number of amides is 1. The zero-order chi connectivity index (χ0) is 15.5. The molecule has 22 heavy (non-hydrogen) atoms. The van der Waals surface area contributed by atoms with Crippen molar-refractivity contribution < 1.29 is 9.21 Å². The number of nitrogens with zero attached hydrogens (tertiary/aromatic N) is 3. The molecule has 0 radical (unpaired) electrons. The van der Waals surface area contributed by atoms with E-state index in [9.17, 15) is 9.59 Å². The summed E-state index contributed by atoms with van der Waals surface area (Å²) in [5, 5.41) is 2.98. The Morgan fingerprint density at radius 2 is 2.36 bits per heavy atom. The highest BCUT2D eigenvalue weighted by Crippen LogP contribution is 2.15. The topological polar surface area (TPSA) is 80.4 Å². The minimum absolute atomic E-state index is 0.0112. The second-order valence-corrected chi connectivity index (χ2v) is 5.44. The first kappa shape index (κ1) is 14.4. The van der Waals surface area contributed by atoms with Gasteiger partial charge in [-0.05, 0) is 18.9 Å². The molecule has 1 fully saturated rings. The van der Waals surface area contributed by atoms with Crippen molar-refractivity contribution in [2.24, 2.45) is 7.05 Å². The van der Waals surface area contributed by atoms with Crippen molar-refractivity contribution in [3.05, 3.63) is 46.9 Å². The predicted molar refractivity (Wildman–Crippen MR) is 80.9 cm³/mol. The number of anilines is 1. The van der Waals surface area contributed by atoms with Crippen molar-refractivity contribution in [3.8, 4) is 0 Å². The van der Waals surface area contributed by atoms with Crippen molar-refractivity contribution in [1.29, 1.82) is 0 Å². The molecule has 1 aliphatic rings. The minimum Gasteiger partial charge on any atom is -0.472 e. The maximum atomic E-state index is 12.1. The Balaban J connectivity index is 1.70. The third-order valence-corrected chi connectivity index (χ3v) is 3.84. The van der Waals surface area contributed by atoms with Crippen LogP contribution in [0.4, 0.5) is 5.82 Å². The van der Waals surface area contributed by atoms with Gasteiger partial charge >= 0.3 is 0 Å². The van der Waals surface area contributed by atoms with Crippen LogP contribution in [0, 0.1) is 0 Å². The van der Waals surface area contributed by atoms with Crippen LogP contribution in [0.5, 0.6) is 0 Å². The molecule has 116 valence electrons. The molecule has 1 N–H and O–H groups in total. The summed E-state index contributed by atoms with van der Waals surface area (Å²) in [5.74, 6) is 0.279. The van der Waals surface area contributed by atoms with E-state index in [0.29, 0.717) is 17.9 Å². The van der Waals surface area contributed by atoms with E-state index < -0.39 is 0 Å². The standard InChI is InChI=1S/C15H18N4O3/c1-18-7-5-16-13(15(18)21)19-6-2-3-12(9-19)17-14(20)11-4-8-22-10-11/h4-5,7-8,10,12H,2-3,6,9H2,1H3,(H,17,20). The van der Waals surface area contributed by atoms with Gasteiger partial charge in [-0.15, -0.1) is 0 Å². The summed E-state index contributed by atoms with van der Waals surface area (Å²) >= 11 is 0. The molecule has 1 amide bonds. The highest BCUT2D eigenvalue weighted by molar-refractivity contribution is 5.94. The van der Waals surface area contributed by atoms with Gasteiger partial charge in [-0.1, -0.05) is 0 Å². The van der Waals surface area contributed by atoms with Gasteiger partial charge in [-0.2, -0.15) is 0 Å². The molecule has 7 nitrogen and oxygen atoms in total. The van der Waals surface area contributed by atoms with Crippen LogP contribution in [0.3, 0.4) is 0 Å². The van der Waals surface area contributed by atoms with Gasteiger partial charge in [0.2, 0.25) is 0 Å². The molecule has 0 bridgehead atoms. The maximum Gasteiger partial charge on any atom is 0.293 e. The largest absolute Gasteiger partial charge is 0.472 e. The van der Waals surface area contributed by atoms with Crippen LogP contribution in [-0.2, 0) is 7.05 Å². The zero-order valence-electron chi connectivity index (χ0n) is 12.4. The summed E-state index contributed by atoms with van der Waals surface area (Å²) < 4.78 is 6.43. The first-order valence-electron chi connectivity index (χ1n) is 7.25. The average molecular weight is 302 g/mol. The Labute approximate surface area is 127 Å². The lowest BCUT2D eigenvalue weighted by atomic mass is 10.1. The van der Waals surface area contributed by atoms with Gasteiger partial charge in [0.25, 0.3) is 11.5 Å². The molecule has 7 heteroatoms. The van der Waals surface area contributed by atoms with E-state index in [4.69, 9.17) is 4.42 Å². The third-order valence-electron chi connectivity index (χ3n) is 3.84. The van der Waals surface area contributed by atoms with Crippen molar-refractivity contribution in [2.75, 3.05) is 18.0 Å². The van der Waals surface area contributed by atoms with Gasteiger partial charge in [0.05, 0.1) is 11.8 Å². The second kappa shape index (κ2) is 6.05.